The van der Waals surface area contributed by atoms with Crippen LogP contribution in [0.1, 0.15) is 16.8 Å². The van der Waals surface area contributed by atoms with Gasteiger partial charge in [-0.3, -0.25) is 14.7 Å². The molecule has 3 rings (SSSR count). The summed E-state index contributed by atoms with van der Waals surface area (Å²) >= 11 is 3.16. The van der Waals surface area contributed by atoms with Crippen LogP contribution in [0.3, 0.4) is 0 Å². The number of aliphatic imine (C=N–C) groups is 1. The molecule has 2 aromatic rings. The zero-order valence-corrected chi connectivity index (χ0v) is 14.1. The first-order valence-electron chi connectivity index (χ1n) is 6.88. The second-order valence-electron chi connectivity index (χ2n) is 5.36. The number of hydrogen-bond acceptors (Lipinski definition) is 4. The van der Waals surface area contributed by atoms with Gasteiger partial charge in [0.25, 0.3) is 5.91 Å². The molecule has 0 radical (unpaired) electrons. The van der Waals surface area contributed by atoms with E-state index in [-0.39, 0.29) is 16.3 Å². The normalized spacial score (nSPS) is 20.8. The summed E-state index contributed by atoms with van der Waals surface area (Å²) < 4.78 is 13.9. The molecule has 1 aromatic heterocycles. The van der Waals surface area contributed by atoms with Crippen LogP contribution in [-0.2, 0) is 10.3 Å². The molecular weight excluding hydrogens is 363 g/mol. The molecule has 0 bridgehead atoms. The molecule has 1 aliphatic rings. The summed E-state index contributed by atoms with van der Waals surface area (Å²) in [5.41, 5.74) is 6.47. The number of carbonyl (C=O) groups is 1. The molecule has 1 amide bonds. The van der Waals surface area contributed by atoms with Crippen molar-refractivity contribution in [3.63, 3.8) is 0 Å². The SMILES string of the molecule is Cc1cc(C2(c3ccc(F)c(Br)c3)N=C(N)N(C)C2=O)ccn1. The molecule has 0 fully saturated rings. The van der Waals surface area contributed by atoms with E-state index in [0.717, 1.165) is 5.69 Å². The summed E-state index contributed by atoms with van der Waals surface area (Å²) in [5, 5.41) is 0. The van der Waals surface area contributed by atoms with E-state index < -0.39 is 11.4 Å². The topological polar surface area (TPSA) is 71.6 Å². The molecule has 23 heavy (non-hydrogen) atoms. The molecule has 1 aliphatic heterocycles. The summed E-state index contributed by atoms with van der Waals surface area (Å²) in [6, 6.07) is 7.90. The number of rotatable bonds is 2. The van der Waals surface area contributed by atoms with Crippen molar-refractivity contribution in [1.82, 2.24) is 9.88 Å². The number of nitrogens with two attached hydrogens (primary N) is 1. The van der Waals surface area contributed by atoms with Crippen molar-refractivity contribution in [2.75, 3.05) is 7.05 Å². The minimum atomic E-state index is -1.33. The lowest BCUT2D eigenvalue weighted by Crippen LogP contribution is -2.41. The molecule has 118 valence electrons. The molecule has 2 heterocycles. The molecule has 1 aromatic carbocycles. The van der Waals surface area contributed by atoms with Crippen LogP contribution < -0.4 is 5.73 Å². The third kappa shape index (κ3) is 2.31. The minimum Gasteiger partial charge on any atom is -0.369 e. The van der Waals surface area contributed by atoms with Gasteiger partial charge in [-0.25, -0.2) is 9.38 Å². The minimum absolute atomic E-state index is 0.116. The van der Waals surface area contributed by atoms with Crippen LogP contribution in [0.4, 0.5) is 4.39 Å². The molecule has 0 saturated carbocycles. The Hall–Kier alpha value is -2.28. The van der Waals surface area contributed by atoms with Gasteiger partial charge in [0, 0.05) is 18.9 Å². The van der Waals surface area contributed by atoms with E-state index in [9.17, 15) is 9.18 Å². The number of carbonyl (C=O) groups excluding carboxylic acids is 1. The number of likely N-dealkylation sites (N-methyl/N-ethyl adjacent to an activating group) is 1. The largest absolute Gasteiger partial charge is 0.369 e. The summed E-state index contributed by atoms with van der Waals surface area (Å²) in [6.45, 7) is 1.83. The van der Waals surface area contributed by atoms with Gasteiger partial charge in [-0.1, -0.05) is 6.07 Å². The van der Waals surface area contributed by atoms with E-state index in [2.05, 4.69) is 25.9 Å². The standard InChI is InChI=1S/C16H14BrFN4O/c1-9-7-11(5-6-20-9)16(14(23)22(2)15(19)21-16)10-3-4-13(18)12(17)8-10/h3-8H,1-2H3,(H2,19,21). The zero-order chi connectivity index (χ0) is 16.8. The molecule has 0 spiro atoms. The fourth-order valence-electron chi connectivity index (χ4n) is 2.68. The number of guanidine groups is 1. The predicted molar refractivity (Wildman–Crippen MR) is 88.2 cm³/mol. The van der Waals surface area contributed by atoms with Crippen molar-refractivity contribution in [2.45, 2.75) is 12.5 Å². The first-order valence-corrected chi connectivity index (χ1v) is 7.67. The van der Waals surface area contributed by atoms with E-state index in [4.69, 9.17) is 5.73 Å². The maximum absolute atomic E-state index is 13.6. The van der Waals surface area contributed by atoms with Crippen molar-refractivity contribution in [3.05, 3.63) is 63.6 Å². The van der Waals surface area contributed by atoms with Crippen LogP contribution in [0.15, 0.2) is 46.0 Å². The highest BCUT2D eigenvalue weighted by atomic mass is 79.9. The predicted octanol–water partition coefficient (Wildman–Crippen LogP) is 2.32. The van der Waals surface area contributed by atoms with E-state index >= 15 is 0 Å². The van der Waals surface area contributed by atoms with Crippen molar-refractivity contribution >= 4 is 27.8 Å². The van der Waals surface area contributed by atoms with Crippen molar-refractivity contribution in [2.24, 2.45) is 10.7 Å². The molecule has 7 heteroatoms. The van der Waals surface area contributed by atoms with E-state index in [1.54, 1.807) is 37.5 Å². The Labute approximate surface area is 141 Å². The number of nitrogens with zero attached hydrogens (tertiary/aromatic N) is 3. The molecule has 5 nitrogen and oxygen atoms in total. The first-order chi connectivity index (χ1) is 10.9. The summed E-state index contributed by atoms with van der Waals surface area (Å²) in [5.74, 6) is -0.588. The summed E-state index contributed by atoms with van der Waals surface area (Å²) in [7, 11) is 1.57. The van der Waals surface area contributed by atoms with Crippen LogP contribution >= 0.6 is 15.9 Å². The number of amides is 1. The van der Waals surface area contributed by atoms with Gasteiger partial charge in [0.2, 0.25) is 0 Å². The lowest BCUT2D eigenvalue weighted by molar-refractivity contribution is -0.129. The van der Waals surface area contributed by atoms with Gasteiger partial charge < -0.3 is 5.73 Å². The number of hydrogen-bond donors (Lipinski definition) is 1. The van der Waals surface area contributed by atoms with Crippen LogP contribution in [0, 0.1) is 12.7 Å². The van der Waals surface area contributed by atoms with Gasteiger partial charge in [-0.05, 0) is 58.2 Å². The Bertz CT molecular complexity index is 839. The second kappa shape index (κ2) is 5.42. The molecular formula is C16H14BrFN4O. The molecule has 1 unspecified atom stereocenters. The number of aryl methyl sites for hydroxylation is 1. The Morgan fingerprint density at radius 1 is 1.26 bits per heavy atom. The molecule has 1 atom stereocenters. The number of benzene rings is 1. The van der Waals surface area contributed by atoms with Gasteiger partial charge >= 0.3 is 0 Å². The van der Waals surface area contributed by atoms with Gasteiger partial charge in [0.05, 0.1) is 4.47 Å². The quantitative estimate of drug-likeness (QED) is 0.873. The first kappa shape index (κ1) is 15.6. The van der Waals surface area contributed by atoms with Gasteiger partial charge in [0.1, 0.15) is 5.82 Å². The van der Waals surface area contributed by atoms with E-state index in [1.807, 2.05) is 6.92 Å². The number of aromatic nitrogens is 1. The van der Waals surface area contributed by atoms with Gasteiger partial charge in [-0.15, -0.1) is 0 Å². The zero-order valence-electron chi connectivity index (χ0n) is 12.5. The average molecular weight is 377 g/mol. The third-order valence-corrected chi connectivity index (χ3v) is 4.50. The van der Waals surface area contributed by atoms with Crippen molar-refractivity contribution < 1.29 is 9.18 Å². The Balaban J connectivity index is 2.31. The van der Waals surface area contributed by atoms with Gasteiger partial charge in [0.15, 0.2) is 11.5 Å². The Kier molecular flexibility index (Phi) is 3.68. The van der Waals surface area contributed by atoms with E-state index in [1.165, 1.54) is 11.0 Å². The highest BCUT2D eigenvalue weighted by Gasteiger charge is 2.49. The average Bonchev–Trinajstić information content (AvgIpc) is 2.75. The molecule has 0 saturated heterocycles. The summed E-state index contributed by atoms with van der Waals surface area (Å²) in [4.78, 5) is 22.8. The van der Waals surface area contributed by atoms with Crippen LogP contribution in [-0.4, -0.2) is 28.8 Å². The van der Waals surface area contributed by atoms with Crippen molar-refractivity contribution in [1.29, 1.82) is 0 Å². The fourth-order valence-corrected chi connectivity index (χ4v) is 3.05. The smallest absolute Gasteiger partial charge is 0.266 e. The van der Waals surface area contributed by atoms with E-state index in [0.29, 0.717) is 11.1 Å². The van der Waals surface area contributed by atoms with Crippen LogP contribution in [0.2, 0.25) is 0 Å². The maximum atomic E-state index is 13.6. The molecule has 0 aliphatic carbocycles. The molecule has 2 N–H and O–H groups in total. The highest BCUT2D eigenvalue weighted by Crippen LogP contribution is 2.40. The summed E-state index contributed by atoms with van der Waals surface area (Å²) in [6.07, 6.45) is 1.61. The van der Waals surface area contributed by atoms with Crippen LogP contribution in [0.5, 0.6) is 0 Å². The monoisotopic (exact) mass is 376 g/mol. The number of pyridine rings is 1. The Morgan fingerprint density at radius 2 is 1.96 bits per heavy atom. The highest BCUT2D eigenvalue weighted by molar-refractivity contribution is 9.10. The maximum Gasteiger partial charge on any atom is 0.266 e. The van der Waals surface area contributed by atoms with Crippen molar-refractivity contribution in [3.8, 4) is 0 Å². The Morgan fingerprint density at radius 3 is 2.52 bits per heavy atom. The third-order valence-electron chi connectivity index (χ3n) is 3.89. The number of halogens is 2. The second-order valence-corrected chi connectivity index (χ2v) is 6.21. The lowest BCUT2D eigenvalue weighted by atomic mass is 9.83. The van der Waals surface area contributed by atoms with Crippen LogP contribution in [0.25, 0.3) is 0 Å². The fraction of sp³-hybridized carbons (Fsp3) is 0.188. The van der Waals surface area contributed by atoms with Gasteiger partial charge in [-0.2, -0.15) is 0 Å². The lowest BCUT2D eigenvalue weighted by Gasteiger charge is -2.26.